The van der Waals surface area contributed by atoms with Gasteiger partial charge in [0.2, 0.25) is 5.91 Å². The molecule has 0 fully saturated rings. The van der Waals surface area contributed by atoms with Gasteiger partial charge in [-0.1, -0.05) is 18.2 Å². The summed E-state index contributed by atoms with van der Waals surface area (Å²) in [5.41, 5.74) is 2.31. The quantitative estimate of drug-likeness (QED) is 0.796. The molecule has 0 aliphatic rings. The van der Waals surface area contributed by atoms with Crippen LogP contribution in [0.4, 0.5) is 5.69 Å². The lowest BCUT2D eigenvalue weighted by Crippen LogP contribution is -2.36. The second-order valence-corrected chi connectivity index (χ2v) is 4.41. The van der Waals surface area contributed by atoms with Crippen molar-refractivity contribution in [2.45, 2.75) is 13.8 Å². The molecule has 0 heterocycles. The Morgan fingerprint density at radius 3 is 2.84 bits per heavy atom. The molecule has 0 atom stereocenters. The topological polar surface area (TPSA) is 56.1 Å². The second kappa shape index (κ2) is 7.22. The van der Waals surface area contributed by atoms with E-state index in [0.717, 1.165) is 11.3 Å². The predicted octanol–water partition coefficient (Wildman–Crippen LogP) is 2.39. The molecular formula is C15H19N3O. The SMILES string of the molecule is C=C(C)CN(CC)C(=O)CNc1cccc(C#N)c1. The Bertz CT molecular complexity index is 502. The molecule has 4 heteroatoms. The molecule has 0 saturated carbocycles. The summed E-state index contributed by atoms with van der Waals surface area (Å²) in [6.07, 6.45) is 0. The van der Waals surface area contributed by atoms with Crippen LogP contribution in [0.2, 0.25) is 0 Å². The van der Waals surface area contributed by atoms with Crippen molar-refractivity contribution in [2.24, 2.45) is 0 Å². The van der Waals surface area contributed by atoms with E-state index in [1.54, 1.807) is 23.1 Å². The summed E-state index contributed by atoms with van der Waals surface area (Å²) in [7, 11) is 0. The summed E-state index contributed by atoms with van der Waals surface area (Å²) in [4.78, 5) is 13.7. The van der Waals surface area contributed by atoms with Gasteiger partial charge in [0.05, 0.1) is 18.2 Å². The van der Waals surface area contributed by atoms with E-state index in [4.69, 9.17) is 5.26 Å². The maximum absolute atomic E-state index is 12.0. The number of carbonyl (C=O) groups is 1. The van der Waals surface area contributed by atoms with Crippen LogP contribution in [0.25, 0.3) is 0 Å². The fourth-order valence-electron chi connectivity index (χ4n) is 1.69. The first-order valence-corrected chi connectivity index (χ1v) is 6.23. The fourth-order valence-corrected chi connectivity index (χ4v) is 1.69. The van der Waals surface area contributed by atoms with Crippen molar-refractivity contribution >= 4 is 11.6 Å². The van der Waals surface area contributed by atoms with Crippen LogP contribution in [0.3, 0.4) is 0 Å². The van der Waals surface area contributed by atoms with Crippen molar-refractivity contribution in [3.63, 3.8) is 0 Å². The lowest BCUT2D eigenvalue weighted by atomic mass is 10.2. The summed E-state index contributed by atoms with van der Waals surface area (Å²) in [5, 5.41) is 11.8. The van der Waals surface area contributed by atoms with E-state index in [9.17, 15) is 4.79 Å². The summed E-state index contributed by atoms with van der Waals surface area (Å²) in [5.74, 6) is 0.0212. The summed E-state index contributed by atoms with van der Waals surface area (Å²) < 4.78 is 0. The standard InChI is InChI=1S/C15H19N3O/c1-4-18(11-12(2)3)15(19)10-17-14-7-5-6-13(8-14)9-16/h5-8,17H,2,4,10-11H2,1,3H3. The molecule has 0 unspecified atom stereocenters. The Kier molecular flexibility index (Phi) is 5.62. The molecule has 1 aromatic rings. The zero-order valence-corrected chi connectivity index (χ0v) is 11.4. The zero-order chi connectivity index (χ0) is 14.3. The number of nitriles is 1. The number of anilines is 1. The Morgan fingerprint density at radius 1 is 1.53 bits per heavy atom. The van der Waals surface area contributed by atoms with Gasteiger partial charge in [-0.2, -0.15) is 5.26 Å². The molecule has 19 heavy (non-hydrogen) atoms. The van der Waals surface area contributed by atoms with Crippen LogP contribution in [0.1, 0.15) is 19.4 Å². The molecule has 100 valence electrons. The molecule has 0 bridgehead atoms. The number of nitrogens with one attached hydrogen (secondary N) is 1. The average Bonchev–Trinajstić information content (AvgIpc) is 2.42. The number of carbonyl (C=O) groups excluding carboxylic acids is 1. The van der Waals surface area contributed by atoms with Gasteiger partial charge in [0.15, 0.2) is 0 Å². The van der Waals surface area contributed by atoms with E-state index < -0.39 is 0 Å². The molecule has 1 amide bonds. The van der Waals surface area contributed by atoms with Crippen LogP contribution in [0.5, 0.6) is 0 Å². The second-order valence-electron chi connectivity index (χ2n) is 4.41. The van der Waals surface area contributed by atoms with Crippen molar-refractivity contribution in [2.75, 3.05) is 25.0 Å². The third-order valence-electron chi connectivity index (χ3n) is 2.63. The van der Waals surface area contributed by atoms with E-state index in [0.29, 0.717) is 18.7 Å². The van der Waals surface area contributed by atoms with Crippen molar-refractivity contribution in [3.05, 3.63) is 42.0 Å². The summed E-state index contributed by atoms with van der Waals surface area (Å²) in [6.45, 7) is 9.12. The number of benzene rings is 1. The number of hydrogen-bond acceptors (Lipinski definition) is 3. The Hall–Kier alpha value is -2.28. The van der Waals surface area contributed by atoms with Crippen LogP contribution in [-0.4, -0.2) is 30.4 Å². The summed E-state index contributed by atoms with van der Waals surface area (Å²) >= 11 is 0. The minimum absolute atomic E-state index is 0.0212. The van der Waals surface area contributed by atoms with Crippen LogP contribution >= 0.6 is 0 Å². The first-order chi connectivity index (χ1) is 9.06. The van der Waals surface area contributed by atoms with Crippen molar-refractivity contribution in [1.29, 1.82) is 5.26 Å². The Labute approximate surface area is 114 Å². The van der Waals surface area contributed by atoms with E-state index >= 15 is 0 Å². The van der Waals surface area contributed by atoms with Crippen LogP contribution < -0.4 is 5.32 Å². The van der Waals surface area contributed by atoms with Crippen molar-refractivity contribution in [3.8, 4) is 6.07 Å². The normalized spacial score (nSPS) is 9.53. The Morgan fingerprint density at radius 2 is 2.26 bits per heavy atom. The highest BCUT2D eigenvalue weighted by atomic mass is 16.2. The third-order valence-corrected chi connectivity index (χ3v) is 2.63. The number of nitrogens with zero attached hydrogens (tertiary/aromatic N) is 2. The summed E-state index contributed by atoms with van der Waals surface area (Å²) in [6, 6.07) is 9.15. The first kappa shape index (κ1) is 14.8. The average molecular weight is 257 g/mol. The highest BCUT2D eigenvalue weighted by molar-refractivity contribution is 5.81. The third kappa shape index (κ3) is 4.84. The molecule has 1 rings (SSSR count). The van der Waals surface area contributed by atoms with Gasteiger partial charge in [-0.05, 0) is 32.0 Å². The van der Waals surface area contributed by atoms with Gasteiger partial charge in [-0.3, -0.25) is 4.79 Å². The number of likely N-dealkylation sites (N-methyl/N-ethyl adjacent to an activating group) is 1. The number of rotatable bonds is 6. The van der Waals surface area contributed by atoms with Gasteiger partial charge in [-0.25, -0.2) is 0 Å². The molecule has 0 aliphatic carbocycles. The molecule has 1 N–H and O–H groups in total. The van der Waals surface area contributed by atoms with E-state index in [1.165, 1.54) is 0 Å². The lowest BCUT2D eigenvalue weighted by molar-refractivity contribution is -0.128. The fraction of sp³-hybridized carbons (Fsp3) is 0.333. The number of amides is 1. The van der Waals surface area contributed by atoms with E-state index in [2.05, 4.69) is 18.0 Å². The van der Waals surface area contributed by atoms with Crippen molar-refractivity contribution < 1.29 is 4.79 Å². The maximum atomic E-state index is 12.0. The van der Waals surface area contributed by atoms with Crippen LogP contribution in [0.15, 0.2) is 36.4 Å². The highest BCUT2D eigenvalue weighted by Crippen LogP contribution is 2.09. The molecule has 0 saturated heterocycles. The van der Waals surface area contributed by atoms with Gasteiger partial charge >= 0.3 is 0 Å². The monoisotopic (exact) mass is 257 g/mol. The number of hydrogen-bond donors (Lipinski definition) is 1. The van der Waals surface area contributed by atoms with Gasteiger partial charge in [0.1, 0.15) is 0 Å². The highest BCUT2D eigenvalue weighted by Gasteiger charge is 2.10. The van der Waals surface area contributed by atoms with E-state index in [-0.39, 0.29) is 12.5 Å². The van der Waals surface area contributed by atoms with Gasteiger partial charge < -0.3 is 10.2 Å². The molecule has 4 nitrogen and oxygen atoms in total. The molecule has 0 radical (unpaired) electrons. The molecule has 0 aromatic heterocycles. The molecular weight excluding hydrogens is 238 g/mol. The lowest BCUT2D eigenvalue weighted by Gasteiger charge is -2.21. The first-order valence-electron chi connectivity index (χ1n) is 6.23. The molecule has 1 aromatic carbocycles. The molecule has 0 aliphatic heterocycles. The predicted molar refractivity (Wildman–Crippen MR) is 76.7 cm³/mol. The van der Waals surface area contributed by atoms with Crippen molar-refractivity contribution in [1.82, 2.24) is 4.90 Å². The Balaban J connectivity index is 2.57. The van der Waals surface area contributed by atoms with E-state index in [1.807, 2.05) is 19.9 Å². The molecule has 0 spiro atoms. The minimum Gasteiger partial charge on any atom is -0.376 e. The van der Waals surface area contributed by atoms with Crippen LogP contribution in [0, 0.1) is 11.3 Å². The van der Waals surface area contributed by atoms with Gasteiger partial charge in [0.25, 0.3) is 0 Å². The maximum Gasteiger partial charge on any atom is 0.242 e. The zero-order valence-electron chi connectivity index (χ0n) is 11.4. The van der Waals surface area contributed by atoms with Gasteiger partial charge in [0, 0.05) is 18.8 Å². The largest absolute Gasteiger partial charge is 0.376 e. The van der Waals surface area contributed by atoms with Crippen LogP contribution in [-0.2, 0) is 4.79 Å². The smallest absolute Gasteiger partial charge is 0.242 e. The minimum atomic E-state index is 0.0212. The van der Waals surface area contributed by atoms with Gasteiger partial charge in [-0.15, -0.1) is 0 Å².